The SMILES string of the molecule is CCOC(=[NH2+])C1CCc2ccccc21.[Cl-]. The van der Waals surface area contributed by atoms with Crippen molar-refractivity contribution in [2.75, 3.05) is 6.61 Å². The summed E-state index contributed by atoms with van der Waals surface area (Å²) < 4.78 is 5.38. The molecule has 3 heteroatoms. The van der Waals surface area contributed by atoms with Gasteiger partial charge in [-0.1, -0.05) is 24.3 Å². The van der Waals surface area contributed by atoms with Crippen molar-refractivity contribution in [2.24, 2.45) is 0 Å². The van der Waals surface area contributed by atoms with Gasteiger partial charge in [0.2, 0.25) is 0 Å². The van der Waals surface area contributed by atoms with Gasteiger partial charge in [-0.05, 0) is 30.9 Å². The summed E-state index contributed by atoms with van der Waals surface area (Å²) in [6.45, 7) is 2.62. The largest absolute Gasteiger partial charge is 1.00 e. The molecule has 0 bridgehead atoms. The van der Waals surface area contributed by atoms with Crippen LogP contribution in [0.25, 0.3) is 0 Å². The Morgan fingerprint density at radius 3 is 2.93 bits per heavy atom. The van der Waals surface area contributed by atoms with Crippen molar-refractivity contribution in [1.82, 2.24) is 0 Å². The first-order chi connectivity index (χ1) is 6.83. The zero-order valence-electron chi connectivity index (χ0n) is 8.87. The van der Waals surface area contributed by atoms with E-state index in [1.165, 1.54) is 11.1 Å². The molecule has 1 aliphatic rings. The number of halogens is 1. The van der Waals surface area contributed by atoms with Crippen LogP contribution in [0.3, 0.4) is 0 Å². The van der Waals surface area contributed by atoms with E-state index in [-0.39, 0.29) is 12.4 Å². The highest BCUT2D eigenvalue weighted by atomic mass is 35.5. The van der Waals surface area contributed by atoms with Crippen molar-refractivity contribution < 1.29 is 22.6 Å². The van der Waals surface area contributed by atoms with Gasteiger partial charge in [0, 0.05) is 0 Å². The van der Waals surface area contributed by atoms with Crippen LogP contribution in [0.15, 0.2) is 24.3 Å². The molecule has 1 aromatic rings. The second-order valence-electron chi connectivity index (χ2n) is 3.63. The molecular weight excluding hydrogens is 210 g/mol. The molecule has 1 aromatic carbocycles. The minimum atomic E-state index is 0. The molecule has 1 unspecified atom stereocenters. The molecule has 0 spiro atoms. The summed E-state index contributed by atoms with van der Waals surface area (Å²) in [4.78, 5) is 0. The van der Waals surface area contributed by atoms with E-state index in [2.05, 4.69) is 24.3 Å². The summed E-state index contributed by atoms with van der Waals surface area (Å²) in [5.74, 6) is 0.989. The highest BCUT2D eigenvalue weighted by Crippen LogP contribution is 2.32. The predicted octanol–water partition coefficient (Wildman–Crippen LogP) is -2.09. The maximum absolute atomic E-state index is 5.90. The maximum Gasteiger partial charge on any atom is 0.340 e. The minimum Gasteiger partial charge on any atom is -1.00 e. The highest BCUT2D eigenvalue weighted by molar-refractivity contribution is 5.79. The number of aryl methyl sites for hydroxylation is 1. The highest BCUT2D eigenvalue weighted by Gasteiger charge is 2.30. The molecule has 1 aliphatic carbocycles. The second kappa shape index (κ2) is 5.17. The molecule has 2 rings (SSSR count). The van der Waals surface area contributed by atoms with E-state index in [0.29, 0.717) is 18.4 Å². The molecule has 2 N–H and O–H groups in total. The maximum atomic E-state index is 5.90. The van der Waals surface area contributed by atoms with Gasteiger partial charge in [-0.2, -0.15) is 0 Å². The van der Waals surface area contributed by atoms with Crippen LogP contribution in [-0.4, -0.2) is 12.5 Å². The first-order valence-electron chi connectivity index (χ1n) is 5.16. The van der Waals surface area contributed by atoms with Crippen LogP contribution in [0.5, 0.6) is 0 Å². The molecule has 2 nitrogen and oxygen atoms in total. The average Bonchev–Trinajstić information content (AvgIpc) is 2.61. The minimum absolute atomic E-state index is 0. The van der Waals surface area contributed by atoms with E-state index in [1.54, 1.807) is 0 Å². The monoisotopic (exact) mass is 225 g/mol. The van der Waals surface area contributed by atoms with E-state index in [1.807, 2.05) is 6.92 Å². The summed E-state index contributed by atoms with van der Waals surface area (Å²) in [6.07, 6.45) is 2.21. The average molecular weight is 226 g/mol. The Kier molecular flexibility index (Phi) is 4.15. The molecule has 0 saturated heterocycles. The van der Waals surface area contributed by atoms with E-state index >= 15 is 0 Å². The normalized spacial score (nSPS) is 17.8. The van der Waals surface area contributed by atoms with Crippen molar-refractivity contribution in [2.45, 2.75) is 25.7 Å². The van der Waals surface area contributed by atoms with Gasteiger partial charge in [-0.25, -0.2) is 5.41 Å². The molecule has 0 radical (unpaired) electrons. The quantitative estimate of drug-likeness (QED) is 0.455. The summed E-state index contributed by atoms with van der Waals surface area (Å²) >= 11 is 0. The molecule has 0 heterocycles. The lowest BCUT2D eigenvalue weighted by molar-refractivity contribution is -0.144. The predicted molar refractivity (Wildman–Crippen MR) is 56.1 cm³/mol. The second-order valence-corrected chi connectivity index (χ2v) is 3.63. The van der Waals surface area contributed by atoms with Crippen molar-refractivity contribution in [3.63, 3.8) is 0 Å². The van der Waals surface area contributed by atoms with Crippen LogP contribution < -0.4 is 17.8 Å². The Morgan fingerprint density at radius 1 is 1.47 bits per heavy atom. The lowest BCUT2D eigenvalue weighted by Crippen LogP contribution is -3.00. The van der Waals surface area contributed by atoms with Gasteiger partial charge in [0.15, 0.2) is 0 Å². The van der Waals surface area contributed by atoms with E-state index < -0.39 is 0 Å². The third-order valence-corrected chi connectivity index (χ3v) is 2.79. The van der Waals surface area contributed by atoms with E-state index in [4.69, 9.17) is 10.1 Å². The van der Waals surface area contributed by atoms with Gasteiger partial charge in [0.25, 0.3) is 0 Å². The topological polar surface area (TPSA) is 34.8 Å². The lowest BCUT2D eigenvalue weighted by atomic mass is 10.0. The van der Waals surface area contributed by atoms with Crippen molar-refractivity contribution in [3.05, 3.63) is 35.4 Å². The first kappa shape index (κ1) is 12.1. The van der Waals surface area contributed by atoms with Gasteiger partial charge in [-0.15, -0.1) is 0 Å². The number of nitrogens with two attached hydrogens (primary N) is 1. The summed E-state index contributed by atoms with van der Waals surface area (Å²) in [5.41, 5.74) is 2.76. The van der Waals surface area contributed by atoms with Crippen LogP contribution in [-0.2, 0) is 11.2 Å². The fraction of sp³-hybridized carbons (Fsp3) is 0.417. The standard InChI is InChI=1S/C12H15NO.ClH/c1-2-14-12(13)11-8-7-9-5-3-4-6-10(9)11;/h3-6,11,13H,2,7-8H2,1H3;1H. The molecule has 0 aromatic heterocycles. The Morgan fingerprint density at radius 2 is 2.20 bits per heavy atom. The molecule has 0 aliphatic heterocycles. The fourth-order valence-electron chi connectivity index (χ4n) is 2.12. The number of ether oxygens (including phenoxy) is 1. The van der Waals surface area contributed by atoms with Crippen LogP contribution in [0.2, 0.25) is 0 Å². The number of hydrogen-bond acceptors (Lipinski definition) is 1. The fourth-order valence-corrected chi connectivity index (χ4v) is 2.12. The summed E-state index contributed by atoms with van der Waals surface area (Å²) in [5, 5.41) is 5.90. The van der Waals surface area contributed by atoms with Crippen LogP contribution in [0.1, 0.15) is 30.4 Å². The van der Waals surface area contributed by atoms with Gasteiger partial charge >= 0.3 is 5.90 Å². The van der Waals surface area contributed by atoms with E-state index in [0.717, 1.165) is 12.8 Å². The van der Waals surface area contributed by atoms with Crippen LogP contribution in [0.4, 0.5) is 0 Å². The van der Waals surface area contributed by atoms with Crippen LogP contribution in [0, 0.1) is 0 Å². The summed E-state index contributed by atoms with van der Waals surface area (Å²) in [7, 11) is 0. The number of fused-ring (bicyclic) bond motifs is 1. The van der Waals surface area contributed by atoms with Gasteiger partial charge in [0.1, 0.15) is 5.92 Å². The molecule has 0 fully saturated rings. The zero-order chi connectivity index (χ0) is 9.97. The Bertz CT molecular complexity index is 351. The van der Waals surface area contributed by atoms with Crippen molar-refractivity contribution >= 4 is 5.90 Å². The first-order valence-corrected chi connectivity index (χ1v) is 5.16. The van der Waals surface area contributed by atoms with Crippen molar-refractivity contribution in [1.29, 1.82) is 0 Å². The molecule has 0 amide bonds. The number of benzene rings is 1. The Balaban J connectivity index is 0.00000112. The molecule has 15 heavy (non-hydrogen) atoms. The number of hydrogen-bond donors (Lipinski definition) is 1. The third-order valence-electron chi connectivity index (χ3n) is 2.79. The molecular formula is C12H16ClNO. The molecule has 1 atom stereocenters. The number of rotatable bonds is 2. The van der Waals surface area contributed by atoms with Gasteiger partial charge in [0.05, 0.1) is 6.61 Å². The third kappa shape index (κ3) is 2.32. The Hall–Kier alpha value is -1.02. The van der Waals surface area contributed by atoms with E-state index in [9.17, 15) is 0 Å². The smallest absolute Gasteiger partial charge is 0.340 e. The molecule has 0 saturated carbocycles. The lowest BCUT2D eigenvalue weighted by Gasteiger charge is -2.08. The van der Waals surface area contributed by atoms with Crippen LogP contribution >= 0.6 is 0 Å². The Labute approximate surface area is 96.6 Å². The van der Waals surface area contributed by atoms with Gasteiger partial charge < -0.3 is 17.1 Å². The van der Waals surface area contributed by atoms with Crippen molar-refractivity contribution in [3.8, 4) is 0 Å². The zero-order valence-corrected chi connectivity index (χ0v) is 9.63. The molecule has 82 valence electrons. The van der Waals surface area contributed by atoms with Gasteiger partial charge in [-0.3, -0.25) is 0 Å². The summed E-state index contributed by atoms with van der Waals surface area (Å²) in [6, 6.07) is 8.47.